The van der Waals surface area contributed by atoms with Gasteiger partial charge in [0.15, 0.2) is 0 Å². The first-order chi connectivity index (χ1) is 8.57. The van der Waals surface area contributed by atoms with E-state index < -0.39 is 5.41 Å². The Morgan fingerprint density at radius 3 is 2.67 bits per heavy atom. The van der Waals surface area contributed by atoms with Gasteiger partial charge in [-0.25, -0.2) is 0 Å². The Kier molecular flexibility index (Phi) is 3.57. The number of aryl methyl sites for hydroxylation is 1. The van der Waals surface area contributed by atoms with Gasteiger partial charge in [-0.15, -0.1) is 0 Å². The molecule has 4 heteroatoms. The SMILES string of the molecule is Cc1cc(O)ccc1NC(=O)C1(CN)CCCC1. The number of nitrogens with two attached hydrogens (primary N) is 1. The van der Waals surface area contributed by atoms with Crippen LogP contribution in [0, 0.1) is 12.3 Å². The number of hydrogen-bond donors (Lipinski definition) is 3. The van der Waals surface area contributed by atoms with Crippen LogP contribution in [0.4, 0.5) is 5.69 Å². The predicted molar refractivity (Wildman–Crippen MR) is 71.4 cm³/mol. The highest BCUT2D eigenvalue weighted by atomic mass is 16.3. The van der Waals surface area contributed by atoms with Crippen molar-refractivity contribution in [1.82, 2.24) is 0 Å². The average molecular weight is 248 g/mol. The number of carbonyl (C=O) groups is 1. The van der Waals surface area contributed by atoms with E-state index in [2.05, 4.69) is 5.32 Å². The van der Waals surface area contributed by atoms with Gasteiger partial charge in [-0.3, -0.25) is 4.79 Å². The Bertz CT molecular complexity index is 451. The maximum Gasteiger partial charge on any atom is 0.231 e. The molecule has 1 aliphatic rings. The quantitative estimate of drug-likeness (QED) is 0.717. The van der Waals surface area contributed by atoms with Crippen molar-refractivity contribution in [2.24, 2.45) is 11.1 Å². The number of hydrogen-bond acceptors (Lipinski definition) is 3. The van der Waals surface area contributed by atoms with E-state index in [1.807, 2.05) is 6.92 Å². The third kappa shape index (κ3) is 2.34. The molecule has 1 aromatic carbocycles. The van der Waals surface area contributed by atoms with Crippen LogP contribution in [0.25, 0.3) is 0 Å². The number of phenolic OH excluding ortho intramolecular Hbond substituents is 1. The lowest BCUT2D eigenvalue weighted by molar-refractivity contribution is -0.124. The molecular weight excluding hydrogens is 228 g/mol. The molecule has 1 aromatic rings. The molecule has 1 aliphatic carbocycles. The Morgan fingerprint density at radius 2 is 2.11 bits per heavy atom. The van der Waals surface area contributed by atoms with E-state index in [9.17, 15) is 9.90 Å². The van der Waals surface area contributed by atoms with E-state index in [1.54, 1.807) is 18.2 Å². The molecule has 0 bridgehead atoms. The Morgan fingerprint density at radius 1 is 1.44 bits per heavy atom. The average Bonchev–Trinajstić information content (AvgIpc) is 2.82. The molecule has 4 N–H and O–H groups in total. The lowest BCUT2D eigenvalue weighted by Gasteiger charge is -2.26. The first kappa shape index (κ1) is 12.9. The molecule has 0 radical (unpaired) electrons. The second-order valence-electron chi connectivity index (χ2n) is 5.14. The number of carbonyl (C=O) groups excluding carboxylic acids is 1. The molecule has 0 aliphatic heterocycles. The highest BCUT2D eigenvalue weighted by Crippen LogP contribution is 2.38. The minimum atomic E-state index is -0.398. The van der Waals surface area contributed by atoms with Gasteiger partial charge in [0.25, 0.3) is 0 Å². The first-order valence-corrected chi connectivity index (χ1v) is 6.38. The number of aromatic hydroxyl groups is 1. The van der Waals surface area contributed by atoms with Crippen molar-refractivity contribution in [2.45, 2.75) is 32.6 Å². The Labute approximate surface area is 107 Å². The van der Waals surface area contributed by atoms with Crippen molar-refractivity contribution >= 4 is 11.6 Å². The summed E-state index contributed by atoms with van der Waals surface area (Å²) >= 11 is 0. The molecule has 2 rings (SSSR count). The van der Waals surface area contributed by atoms with E-state index in [0.717, 1.165) is 36.9 Å². The van der Waals surface area contributed by atoms with Crippen LogP contribution in [0.3, 0.4) is 0 Å². The maximum absolute atomic E-state index is 12.4. The van der Waals surface area contributed by atoms with E-state index in [1.165, 1.54) is 0 Å². The first-order valence-electron chi connectivity index (χ1n) is 6.38. The molecule has 0 atom stereocenters. The summed E-state index contributed by atoms with van der Waals surface area (Å²) < 4.78 is 0. The molecule has 1 saturated carbocycles. The van der Waals surface area contributed by atoms with Crippen LogP contribution in [0.15, 0.2) is 18.2 Å². The normalized spacial score (nSPS) is 17.7. The molecule has 18 heavy (non-hydrogen) atoms. The van der Waals surface area contributed by atoms with Gasteiger partial charge in [0.1, 0.15) is 5.75 Å². The minimum Gasteiger partial charge on any atom is -0.508 e. The van der Waals surface area contributed by atoms with Crippen molar-refractivity contribution < 1.29 is 9.90 Å². The molecule has 0 spiro atoms. The van der Waals surface area contributed by atoms with Crippen LogP contribution in [0.2, 0.25) is 0 Å². The van der Waals surface area contributed by atoms with Gasteiger partial charge < -0.3 is 16.2 Å². The highest BCUT2D eigenvalue weighted by Gasteiger charge is 2.39. The summed E-state index contributed by atoms with van der Waals surface area (Å²) in [5.41, 5.74) is 6.99. The zero-order valence-electron chi connectivity index (χ0n) is 10.7. The predicted octanol–water partition coefficient (Wildman–Crippen LogP) is 2.16. The van der Waals surface area contributed by atoms with Gasteiger partial charge in [-0.05, 0) is 43.5 Å². The zero-order chi connectivity index (χ0) is 13.2. The van der Waals surface area contributed by atoms with E-state index in [-0.39, 0.29) is 11.7 Å². The summed E-state index contributed by atoms with van der Waals surface area (Å²) in [7, 11) is 0. The van der Waals surface area contributed by atoms with Crippen LogP contribution in [0.1, 0.15) is 31.2 Å². The molecular formula is C14H20N2O2. The van der Waals surface area contributed by atoms with Crippen molar-refractivity contribution in [2.75, 3.05) is 11.9 Å². The summed E-state index contributed by atoms with van der Waals surface area (Å²) in [6.07, 6.45) is 3.87. The van der Waals surface area contributed by atoms with E-state index >= 15 is 0 Å². The summed E-state index contributed by atoms with van der Waals surface area (Å²) in [4.78, 5) is 12.4. The largest absolute Gasteiger partial charge is 0.508 e. The number of rotatable bonds is 3. The Balaban J connectivity index is 2.15. The summed E-state index contributed by atoms with van der Waals surface area (Å²) in [5.74, 6) is 0.219. The number of phenols is 1. The molecule has 1 fully saturated rings. The fraction of sp³-hybridized carbons (Fsp3) is 0.500. The lowest BCUT2D eigenvalue weighted by Crippen LogP contribution is -2.40. The van der Waals surface area contributed by atoms with Crippen LogP contribution >= 0.6 is 0 Å². The summed E-state index contributed by atoms with van der Waals surface area (Å²) in [6, 6.07) is 4.94. The molecule has 0 unspecified atom stereocenters. The third-order valence-electron chi connectivity index (χ3n) is 3.89. The van der Waals surface area contributed by atoms with Gasteiger partial charge >= 0.3 is 0 Å². The van der Waals surface area contributed by atoms with Gasteiger partial charge in [0.2, 0.25) is 5.91 Å². The number of benzene rings is 1. The molecule has 4 nitrogen and oxygen atoms in total. The van der Waals surface area contributed by atoms with Crippen molar-refractivity contribution in [3.05, 3.63) is 23.8 Å². The monoisotopic (exact) mass is 248 g/mol. The highest BCUT2D eigenvalue weighted by molar-refractivity contribution is 5.96. The van der Waals surface area contributed by atoms with Crippen LogP contribution in [-0.4, -0.2) is 17.6 Å². The van der Waals surface area contributed by atoms with Crippen molar-refractivity contribution in [3.8, 4) is 5.75 Å². The van der Waals surface area contributed by atoms with Gasteiger partial charge in [0, 0.05) is 12.2 Å². The lowest BCUT2D eigenvalue weighted by atomic mass is 9.85. The van der Waals surface area contributed by atoms with Crippen LogP contribution in [-0.2, 0) is 4.79 Å². The van der Waals surface area contributed by atoms with Crippen molar-refractivity contribution in [3.63, 3.8) is 0 Å². The maximum atomic E-state index is 12.4. The molecule has 98 valence electrons. The number of amides is 1. The van der Waals surface area contributed by atoms with Gasteiger partial charge in [-0.2, -0.15) is 0 Å². The summed E-state index contributed by atoms with van der Waals surface area (Å²) in [6.45, 7) is 2.26. The van der Waals surface area contributed by atoms with Crippen LogP contribution in [0.5, 0.6) is 5.75 Å². The van der Waals surface area contributed by atoms with E-state index in [4.69, 9.17) is 5.73 Å². The zero-order valence-corrected chi connectivity index (χ0v) is 10.7. The molecule has 0 aromatic heterocycles. The standard InChI is InChI=1S/C14H20N2O2/c1-10-8-11(17)4-5-12(10)16-13(18)14(9-15)6-2-3-7-14/h4-5,8,17H,2-3,6-7,9,15H2,1H3,(H,16,18). The third-order valence-corrected chi connectivity index (χ3v) is 3.89. The molecule has 1 amide bonds. The van der Waals surface area contributed by atoms with Crippen molar-refractivity contribution in [1.29, 1.82) is 0 Å². The fourth-order valence-corrected chi connectivity index (χ4v) is 2.62. The van der Waals surface area contributed by atoms with Gasteiger partial charge in [-0.1, -0.05) is 12.8 Å². The second kappa shape index (κ2) is 4.98. The van der Waals surface area contributed by atoms with Gasteiger partial charge in [0.05, 0.1) is 5.41 Å². The smallest absolute Gasteiger partial charge is 0.231 e. The topological polar surface area (TPSA) is 75.3 Å². The molecule has 0 saturated heterocycles. The Hall–Kier alpha value is -1.55. The number of anilines is 1. The number of nitrogens with one attached hydrogen (secondary N) is 1. The van der Waals surface area contributed by atoms with E-state index in [0.29, 0.717) is 6.54 Å². The molecule has 0 heterocycles. The minimum absolute atomic E-state index is 0.0105. The second-order valence-corrected chi connectivity index (χ2v) is 5.14. The summed E-state index contributed by atoms with van der Waals surface area (Å²) in [5, 5.41) is 12.3. The fourth-order valence-electron chi connectivity index (χ4n) is 2.62. The van der Waals surface area contributed by atoms with Crippen LogP contribution < -0.4 is 11.1 Å².